The zero-order valence-corrected chi connectivity index (χ0v) is 10.1. The highest BCUT2D eigenvalue weighted by Gasteiger charge is 2.09. The lowest BCUT2D eigenvalue weighted by Gasteiger charge is -2.12. The van der Waals surface area contributed by atoms with Gasteiger partial charge in [-0.15, -0.1) is 0 Å². The predicted molar refractivity (Wildman–Crippen MR) is 60.7 cm³/mol. The third kappa shape index (κ3) is 3.02. The van der Waals surface area contributed by atoms with E-state index in [1.54, 1.807) is 14.2 Å². The summed E-state index contributed by atoms with van der Waals surface area (Å²) in [6.07, 6.45) is 1.95. The van der Waals surface area contributed by atoms with Crippen molar-refractivity contribution in [1.29, 1.82) is 0 Å². The van der Waals surface area contributed by atoms with Crippen molar-refractivity contribution in [3.63, 3.8) is 0 Å². The Bertz CT molecular complexity index is 337. The zero-order chi connectivity index (χ0) is 11.1. The maximum atomic E-state index is 5.55. The fourth-order valence-corrected chi connectivity index (χ4v) is 1.60. The first-order valence-corrected chi connectivity index (χ1v) is 5.56. The van der Waals surface area contributed by atoms with Crippen molar-refractivity contribution in [2.75, 3.05) is 14.2 Å². The summed E-state index contributed by atoms with van der Waals surface area (Å²) in [5.41, 5.74) is 1.96. The Morgan fingerprint density at radius 2 is 1.87 bits per heavy atom. The van der Waals surface area contributed by atoms with E-state index in [9.17, 15) is 0 Å². The summed E-state index contributed by atoms with van der Waals surface area (Å²) in [6.45, 7) is 1.96. The van der Waals surface area contributed by atoms with Crippen LogP contribution in [-0.4, -0.2) is 24.0 Å². The molecular formula is C11H14O3Si. The maximum absolute atomic E-state index is 5.55. The topological polar surface area (TPSA) is 27.7 Å². The van der Waals surface area contributed by atoms with Gasteiger partial charge in [-0.05, 0) is 19.1 Å². The third-order valence-electron chi connectivity index (χ3n) is 1.77. The smallest absolute Gasteiger partial charge is 0.343 e. The summed E-state index contributed by atoms with van der Waals surface area (Å²) in [7, 11) is 3.50. The molecule has 80 valence electrons. The second-order valence-corrected chi connectivity index (χ2v) is 3.48. The molecule has 0 unspecified atom stereocenters. The van der Waals surface area contributed by atoms with E-state index < -0.39 is 0 Å². The summed E-state index contributed by atoms with van der Waals surface area (Å²) in [5, 5.41) is 0. The second kappa shape index (κ2) is 6.13. The minimum Gasteiger partial charge on any atom is -0.534 e. The van der Waals surface area contributed by atoms with Gasteiger partial charge in [0, 0.05) is 0 Å². The maximum Gasteiger partial charge on any atom is 0.343 e. The molecule has 2 radical (unpaired) electrons. The standard InChI is InChI=1S/C11H14O3Si/c1-4-8-15-14-10-7-5-6-9(12-2)11(10)13-3/h4-8H,1-3H3. The fraction of sp³-hybridized carbons (Fsp3) is 0.273. The van der Waals surface area contributed by atoms with Crippen LogP contribution in [0, 0.1) is 0 Å². The van der Waals surface area contributed by atoms with E-state index in [0.717, 1.165) is 0 Å². The number of hydrogen-bond acceptors (Lipinski definition) is 3. The van der Waals surface area contributed by atoms with Crippen molar-refractivity contribution in [3.8, 4) is 17.2 Å². The van der Waals surface area contributed by atoms with Crippen LogP contribution in [0.5, 0.6) is 17.2 Å². The predicted octanol–water partition coefficient (Wildman–Crippen LogP) is 2.24. The average Bonchev–Trinajstić information content (AvgIpc) is 2.29. The molecule has 0 aliphatic carbocycles. The van der Waals surface area contributed by atoms with Crippen LogP contribution in [0.15, 0.2) is 30.0 Å². The fourth-order valence-electron chi connectivity index (χ4n) is 1.10. The van der Waals surface area contributed by atoms with Gasteiger partial charge >= 0.3 is 9.76 Å². The molecule has 1 aromatic rings. The number of para-hydroxylation sites is 1. The Kier molecular flexibility index (Phi) is 4.76. The van der Waals surface area contributed by atoms with Gasteiger partial charge in [0.05, 0.1) is 14.2 Å². The van der Waals surface area contributed by atoms with Crippen molar-refractivity contribution < 1.29 is 13.9 Å². The first-order valence-electron chi connectivity index (χ1n) is 4.58. The molecule has 0 N–H and O–H groups in total. The van der Waals surface area contributed by atoms with E-state index in [2.05, 4.69) is 0 Å². The average molecular weight is 222 g/mol. The van der Waals surface area contributed by atoms with Gasteiger partial charge in [0.1, 0.15) is 0 Å². The SMILES string of the molecule is CC=C[Si]Oc1cccc(OC)c1OC. The summed E-state index contributed by atoms with van der Waals surface area (Å²) in [4.78, 5) is 0. The molecule has 0 heterocycles. The van der Waals surface area contributed by atoms with E-state index in [-0.39, 0.29) is 0 Å². The van der Waals surface area contributed by atoms with Crippen LogP contribution in [0.4, 0.5) is 0 Å². The van der Waals surface area contributed by atoms with E-state index in [4.69, 9.17) is 13.9 Å². The normalized spacial score (nSPS) is 10.3. The van der Waals surface area contributed by atoms with Crippen molar-refractivity contribution in [2.45, 2.75) is 6.92 Å². The van der Waals surface area contributed by atoms with E-state index in [1.807, 2.05) is 36.9 Å². The van der Waals surface area contributed by atoms with Gasteiger partial charge in [-0.1, -0.05) is 17.8 Å². The largest absolute Gasteiger partial charge is 0.534 e. The molecule has 0 atom stereocenters. The molecule has 0 spiro atoms. The van der Waals surface area contributed by atoms with Gasteiger partial charge in [0.25, 0.3) is 0 Å². The van der Waals surface area contributed by atoms with E-state index >= 15 is 0 Å². The Morgan fingerprint density at radius 1 is 1.13 bits per heavy atom. The molecule has 0 aliphatic rings. The first kappa shape index (κ1) is 11.7. The van der Waals surface area contributed by atoms with Crippen molar-refractivity contribution in [2.24, 2.45) is 0 Å². The molecule has 0 saturated heterocycles. The monoisotopic (exact) mass is 222 g/mol. The van der Waals surface area contributed by atoms with Crippen LogP contribution in [0.3, 0.4) is 0 Å². The minimum atomic E-state index is 0.291. The highest BCUT2D eigenvalue weighted by molar-refractivity contribution is 6.35. The van der Waals surface area contributed by atoms with Crippen LogP contribution < -0.4 is 13.9 Å². The van der Waals surface area contributed by atoms with Gasteiger partial charge in [-0.25, -0.2) is 0 Å². The van der Waals surface area contributed by atoms with Gasteiger partial charge in [0.2, 0.25) is 5.75 Å². The number of benzene rings is 1. The van der Waals surface area contributed by atoms with Crippen molar-refractivity contribution >= 4 is 9.76 Å². The van der Waals surface area contributed by atoms with E-state index in [1.165, 1.54) is 0 Å². The number of rotatable bonds is 5. The third-order valence-corrected chi connectivity index (χ3v) is 2.58. The summed E-state index contributed by atoms with van der Waals surface area (Å²) in [6, 6.07) is 5.57. The summed E-state index contributed by atoms with van der Waals surface area (Å²) >= 11 is 0. The lowest BCUT2D eigenvalue weighted by Crippen LogP contribution is -2.01. The molecule has 3 nitrogen and oxygen atoms in total. The Balaban J connectivity index is 2.85. The van der Waals surface area contributed by atoms with Gasteiger partial charge < -0.3 is 13.9 Å². The molecular weight excluding hydrogens is 208 g/mol. The molecule has 1 aromatic carbocycles. The van der Waals surface area contributed by atoms with Gasteiger partial charge in [-0.2, -0.15) is 0 Å². The quantitative estimate of drug-likeness (QED) is 0.715. The molecule has 1 rings (SSSR count). The molecule has 0 amide bonds. The molecule has 0 fully saturated rings. The van der Waals surface area contributed by atoms with Crippen LogP contribution in [0.25, 0.3) is 0 Å². The molecule has 0 saturated carbocycles. The van der Waals surface area contributed by atoms with Gasteiger partial charge in [0.15, 0.2) is 11.5 Å². The number of hydrogen-bond donors (Lipinski definition) is 0. The number of allylic oxidation sites excluding steroid dienone is 1. The van der Waals surface area contributed by atoms with Crippen LogP contribution in [0.1, 0.15) is 6.92 Å². The highest BCUT2D eigenvalue weighted by atomic mass is 28.2. The Morgan fingerprint density at radius 3 is 2.47 bits per heavy atom. The van der Waals surface area contributed by atoms with Crippen LogP contribution in [0.2, 0.25) is 0 Å². The summed E-state index contributed by atoms with van der Waals surface area (Å²) in [5.74, 6) is 2.02. The second-order valence-electron chi connectivity index (χ2n) is 2.71. The zero-order valence-electron chi connectivity index (χ0n) is 9.11. The first-order chi connectivity index (χ1) is 7.33. The van der Waals surface area contributed by atoms with Crippen molar-refractivity contribution in [1.82, 2.24) is 0 Å². The number of ether oxygens (including phenoxy) is 2. The lowest BCUT2D eigenvalue weighted by molar-refractivity contribution is 0.344. The van der Waals surface area contributed by atoms with Crippen LogP contribution >= 0.6 is 0 Å². The molecule has 0 aromatic heterocycles. The molecule has 4 heteroatoms. The molecule has 0 bridgehead atoms. The Labute approximate surface area is 92.6 Å². The Hall–Kier alpha value is -1.42. The van der Waals surface area contributed by atoms with Gasteiger partial charge in [-0.3, -0.25) is 0 Å². The van der Waals surface area contributed by atoms with Crippen LogP contribution in [-0.2, 0) is 0 Å². The number of methoxy groups -OCH3 is 2. The minimum absolute atomic E-state index is 0.291. The highest BCUT2D eigenvalue weighted by Crippen LogP contribution is 2.36. The van der Waals surface area contributed by atoms with E-state index in [0.29, 0.717) is 27.0 Å². The lowest BCUT2D eigenvalue weighted by atomic mass is 10.3. The molecule has 15 heavy (non-hydrogen) atoms. The van der Waals surface area contributed by atoms with Crippen molar-refractivity contribution in [3.05, 3.63) is 30.0 Å². The summed E-state index contributed by atoms with van der Waals surface area (Å²) < 4.78 is 15.9. The molecule has 0 aliphatic heterocycles.